The molecule has 5 heteroatoms. The molecule has 1 aromatic carbocycles. The van der Waals surface area contributed by atoms with Crippen LogP contribution >= 0.6 is 0 Å². The lowest BCUT2D eigenvalue weighted by atomic mass is 10.1. The first-order valence-corrected chi connectivity index (χ1v) is 5.66. The topological polar surface area (TPSA) is 77.8 Å². The fourth-order valence-electron chi connectivity index (χ4n) is 1.70. The minimum Gasteiger partial charge on any atom is -0.356 e. The lowest BCUT2D eigenvalue weighted by Gasteiger charge is -2.03. The van der Waals surface area contributed by atoms with Crippen LogP contribution in [0.3, 0.4) is 0 Å². The molecule has 90 valence electrons. The maximum atomic E-state index is 11.5. The summed E-state index contributed by atoms with van der Waals surface area (Å²) in [4.78, 5) is 27.9. The predicted molar refractivity (Wildman–Crippen MR) is 65.9 cm³/mol. The zero-order valence-electron chi connectivity index (χ0n) is 9.67. The molecule has 0 radical (unpaired) electrons. The van der Waals surface area contributed by atoms with Crippen molar-refractivity contribution >= 4 is 16.9 Å². The molecule has 2 aromatic rings. The Labute approximate surface area is 98.2 Å². The number of imidazole rings is 1. The lowest BCUT2D eigenvalue weighted by molar-refractivity contribution is -0.120. The first-order valence-electron chi connectivity index (χ1n) is 5.66. The van der Waals surface area contributed by atoms with Crippen LogP contribution in [0.2, 0.25) is 0 Å². The van der Waals surface area contributed by atoms with Gasteiger partial charge < -0.3 is 15.3 Å². The fraction of sp³-hybridized carbons (Fsp3) is 0.333. The molecule has 0 bridgehead atoms. The number of nitrogens with one attached hydrogen (secondary N) is 3. The standard InChI is InChI=1S/C12H15N3O2/c1-2-5-13-11(16)7-8-3-4-9-10(6-8)15-12(17)14-9/h3-4,6H,2,5,7H2,1H3,(H,13,16)(H2,14,15,17). The van der Waals surface area contributed by atoms with Gasteiger partial charge in [0.05, 0.1) is 17.5 Å². The highest BCUT2D eigenvalue weighted by Gasteiger charge is 2.04. The first-order chi connectivity index (χ1) is 8.19. The molecule has 1 amide bonds. The van der Waals surface area contributed by atoms with Crippen LogP contribution < -0.4 is 11.0 Å². The number of fused-ring (bicyclic) bond motifs is 1. The van der Waals surface area contributed by atoms with Gasteiger partial charge in [-0.3, -0.25) is 4.79 Å². The number of hydrogen-bond donors (Lipinski definition) is 3. The van der Waals surface area contributed by atoms with E-state index in [0.717, 1.165) is 23.0 Å². The highest BCUT2D eigenvalue weighted by atomic mass is 16.1. The summed E-state index contributed by atoms with van der Waals surface area (Å²) in [6, 6.07) is 5.46. The Balaban J connectivity index is 2.13. The number of carbonyl (C=O) groups is 1. The number of rotatable bonds is 4. The normalized spacial score (nSPS) is 10.6. The van der Waals surface area contributed by atoms with E-state index in [4.69, 9.17) is 0 Å². The number of amides is 1. The van der Waals surface area contributed by atoms with E-state index in [9.17, 15) is 9.59 Å². The Kier molecular flexibility index (Phi) is 3.27. The van der Waals surface area contributed by atoms with Crippen molar-refractivity contribution in [2.24, 2.45) is 0 Å². The summed E-state index contributed by atoms with van der Waals surface area (Å²) < 4.78 is 0. The Morgan fingerprint density at radius 1 is 1.29 bits per heavy atom. The van der Waals surface area contributed by atoms with Gasteiger partial charge in [-0.1, -0.05) is 13.0 Å². The highest BCUT2D eigenvalue weighted by Crippen LogP contribution is 2.10. The van der Waals surface area contributed by atoms with Gasteiger partial charge in [-0.25, -0.2) is 4.79 Å². The number of H-pyrrole nitrogens is 2. The molecule has 3 N–H and O–H groups in total. The summed E-state index contributed by atoms with van der Waals surface area (Å²) in [5.41, 5.74) is 2.15. The van der Waals surface area contributed by atoms with Crippen molar-refractivity contribution in [3.05, 3.63) is 34.2 Å². The van der Waals surface area contributed by atoms with Crippen molar-refractivity contribution in [1.29, 1.82) is 0 Å². The Hall–Kier alpha value is -2.04. The molecule has 5 nitrogen and oxygen atoms in total. The summed E-state index contributed by atoms with van der Waals surface area (Å²) >= 11 is 0. The van der Waals surface area contributed by atoms with Crippen molar-refractivity contribution in [2.45, 2.75) is 19.8 Å². The van der Waals surface area contributed by atoms with Crippen molar-refractivity contribution in [3.8, 4) is 0 Å². The van der Waals surface area contributed by atoms with Crippen molar-refractivity contribution in [2.75, 3.05) is 6.54 Å². The molecule has 0 saturated heterocycles. The third-order valence-electron chi connectivity index (χ3n) is 2.52. The van der Waals surface area contributed by atoms with Crippen molar-refractivity contribution < 1.29 is 4.79 Å². The number of aromatic nitrogens is 2. The first kappa shape index (κ1) is 11.4. The molecule has 2 rings (SSSR count). The van der Waals surface area contributed by atoms with Gasteiger partial charge in [0, 0.05) is 6.54 Å². The highest BCUT2D eigenvalue weighted by molar-refractivity contribution is 5.81. The number of carbonyl (C=O) groups excluding carboxylic acids is 1. The van der Waals surface area contributed by atoms with Crippen LogP contribution in [0.15, 0.2) is 23.0 Å². The Morgan fingerprint density at radius 2 is 2.06 bits per heavy atom. The van der Waals surface area contributed by atoms with Gasteiger partial charge in [0.25, 0.3) is 0 Å². The van der Waals surface area contributed by atoms with Crippen molar-refractivity contribution in [3.63, 3.8) is 0 Å². The van der Waals surface area contributed by atoms with Crippen LogP contribution in [0.25, 0.3) is 11.0 Å². The molecule has 17 heavy (non-hydrogen) atoms. The molecule has 1 heterocycles. The molecule has 0 atom stereocenters. The summed E-state index contributed by atoms with van der Waals surface area (Å²) in [6.45, 7) is 2.71. The molecule has 0 aliphatic carbocycles. The smallest absolute Gasteiger partial charge is 0.323 e. The summed E-state index contributed by atoms with van der Waals surface area (Å²) in [5, 5.41) is 2.82. The Morgan fingerprint density at radius 3 is 2.82 bits per heavy atom. The molecule has 0 unspecified atom stereocenters. The quantitative estimate of drug-likeness (QED) is 0.734. The Bertz CT molecular complexity index is 583. The minimum atomic E-state index is -0.229. The second-order valence-electron chi connectivity index (χ2n) is 3.99. The van der Waals surface area contributed by atoms with E-state index in [-0.39, 0.29) is 11.6 Å². The van der Waals surface area contributed by atoms with Crippen LogP contribution in [0.5, 0.6) is 0 Å². The summed E-state index contributed by atoms with van der Waals surface area (Å²) in [5.74, 6) is 0.00378. The monoisotopic (exact) mass is 233 g/mol. The summed E-state index contributed by atoms with van der Waals surface area (Å²) in [6.07, 6.45) is 1.26. The molecule has 0 aliphatic rings. The predicted octanol–water partition coefficient (Wildman–Crippen LogP) is 0.925. The van der Waals surface area contributed by atoms with E-state index in [1.54, 1.807) is 6.07 Å². The van der Waals surface area contributed by atoms with E-state index >= 15 is 0 Å². The van der Waals surface area contributed by atoms with Crippen LogP contribution in [0.1, 0.15) is 18.9 Å². The van der Waals surface area contributed by atoms with Crippen LogP contribution in [0, 0.1) is 0 Å². The van der Waals surface area contributed by atoms with Gasteiger partial charge in [0.1, 0.15) is 0 Å². The molecule has 0 spiro atoms. The largest absolute Gasteiger partial charge is 0.356 e. The van der Waals surface area contributed by atoms with E-state index < -0.39 is 0 Å². The van der Waals surface area contributed by atoms with Gasteiger partial charge in [0.2, 0.25) is 5.91 Å². The number of hydrogen-bond acceptors (Lipinski definition) is 2. The molecule has 0 saturated carbocycles. The third kappa shape index (κ3) is 2.75. The van der Waals surface area contributed by atoms with Gasteiger partial charge in [-0.15, -0.1) is 0 Å². The molecule has 0 aliphatic heterocycles. The van der Waals surface area contributed by atoms with Crippen LogP contribution in [0.4, 0.5) is 0 Å². The number of benzene rings is 1. The lowest BCUT2D eigenvalue weighted by Crippen LogP contribution is -2.25. The van der Waals surface area contributed by atoms with E-state index in [0.29, 0.717) is 13.0 Å². The van der Waals surface area contributed by atoms with Crippen LogP contribution in [-0.4, -0.2) is 22.4 Å². The molecular formula is C12H15N3O2. The average Bonchev–Trinajstić information content (AvgIpc) is 2.65. The SMILES string of the molecule is CCCNC(=O)Cc1ccc2[nH]c(=O)[nH]c2c1. The van der Waals surface area contributed by atoms with E-state index in [1.165, 1.54) is 0 Å². The maximum absolute atomic E-state index is 11.5. The average molecular weight is 233 g/mol. The molecular weight excluding hydrogens is 218 g/mol. The zero-order valence-corrected chi connectivity index (χ0v) is 9.67. The summed E-state index contributed by atoms with van der Waals surface area (Å²) in [7, 11) is 0. The van der Waals surface area contributed by atoms with E-state index in [2.05, 4.69) is 15.3 Å². The fourth-order valence-corrected chi connectivity index (χ4v) is 1.70. The van der Waals surface area contributed by atoms with Gasteiger partial charge in [0.15, 0.2) is 0 Å². The third-order valence-corrected chi connectivity index (χ3v) is 2.52. The van der Waals surface area contributed by atoms with Crippen LogP contribution in [-0.2, 0) is 11.2 Å². The zero-order chi connectivity index (χ0) is 12.3. The molecule has 0 fully saturated rings. The number of aromatic amines is 2. The maximum Gasteiger partial charge on any atom is 0.323 e. The van der Waals surface area contributed by atoms with Crippen molar-refractivity contribution in [1.82, 2.24) is 15.3 Å². The van der Waals surface area contributed by atoms with Gasteiger partial charge in [-0.2, -0.15) is 0 Å². The second kappa shape index (κ2) is 4.86. The van der Waals surface area contributed by atoms with Gasteiger partial charge >= 0.3 is 5.69 Å². The minimum absolute atomic E-state index is 0.00378. The molecule has 1 aromatic heterocycles. The van der Waals surface area contributed by atoms with Gasteiger partial charge in [-0.05, 0) is 24.1 Å². The van der Waals surface area contributed by atoms with E-state index in [1.807, 2.05) is 19.1 Å². The second-order valence-corrected chi connectivity index (χ2v) is 3.99.